The lowest BCUT2D eigenvalue weighted by Gasteiger charge is -2.36. The van der Waals surface area contributed by atoms with Crippen molar-refractivity contribution < 1.29 is 9.53 Å². The Bertz CT molecular complexity index is 1280. The first kappa shape index (κ1) is 20.3. The molecule has 1 aromatic carbocycles. The van der Waals surface area contributed by atoms with Gasteiger partial charge in [0, 0.05) is 66.1 Å². The Kier molecular flexibility index (Phi) is 4.96. The molecule has 7 heteroatoms. The summed E-state index contributed by atoms with van der Waals surface area (Å²) in [7, 11) is 0. The fraction of sp³-hybridized carbons (Fsp3) is 0.320. The number of hydrogen-bond donors (Lipinski definition) is 1. The number of rotatable bonds is 2. The fourth-order valence-electron chi connectivity index (χ4n) is 4.22. The minimum absolute atomic E-state index is 0.244. The Morgan fingerprint density at radius 3 is 2.53 bits per heavy atom. The van der Waals surface area contributed by atoms with Gasteiger partial charge in [0.1, 0.15) is 11.2 Å². The molecule has 164 valence electrons. The van der Waals surface area contributed by atoms with Crippen molar-refractivity contribution in [2.45, 2.75) is 26.4 Å². The van der Waals surface area contributed by atoms with Crippen LogP contribution >= 0.6 is 0 Å². The molecule has 1 N–H and O–H groups in total. The smallest absolute Gasteiger partial charge is 0.410 e. The van der Waals surface area contributed by atoms with Gasteiger partial charge in [-0.3, -0.25) is 4.98 Å². The number of carbonyl (C=O) groups excluding carboxylic acids is 1. The Balaban J connectivity index is 1.40. The Labute approximate surface area is 187 Å². The Morgan fingerprint density at radius 2 is 1.75 bits per heavy atom. The summed E-state index contributed by atoms with van der Waals surface area (Å²) < 4.78 is 5.51. The summed E-state index contributed by atoms with van der Waals surface area (Å²) in [4.78, 5) is 29.0. The molecule has 0 unspecified atom stereocenters. The lowest BCUT2D eigenvalue weighted by atomic mass is 10.1. The van der Waals surface area contributed by atoms with E-state index in [4.69, 9.17) is 4.74 Å². The quantitative estimate of drug-likeness (QED) is 0.494. The van der Waals surface area contributed by atoms with Gasteiger partial charge in [-0.2, -0.15) is 0 Å². The first-order valence-corrected chi connectivity index (χ1v) is 10.9. The van der Waals surface area contributed by atoms with Crippen LogP contribution in [0.3, 0.4) is 0 Å². The number of carbonyl (C=O) groups is 1. The molecule has 5 rings (SSSR count). The summed E-state index contributed by atoms with van der Waals surface area (Å²) in [6.45, 7) is 8.45. The maximum absolute atomic E-state index is 12.4. The van der Waals surface area contributed by atoms with Gasteiger partial charge in [0.2, 0.25) is 0 Å². The molecule has 1 saturated heterocycles. The summed E-state index contributed by atoms with van der Waals surface area (Å²) in [5.74, 6) is 0. The molecule has 7 nitrogen and oxygen atoms in total. The molecule has 1 amide bonds. The molecule has 1 aliphatic heterocycles. The Morgan fingerprint density at radius 1 is 1.00 bits per heavy atom. The molecule has 0 bridgehead atoms. The molecule has 4 aromatic rings. The number of H-pyrrole nitrogens is 1. The van der Waals surface area contributed by atoms with Gasteiger partial charge in [-0.05, 0) is 45.0 Å². The van der Waals surface area contributed by atoms with Gasteiger partial charge >= 0.3 is 6.09 Å². The highest BCUT2D eigenvalue weighted by molar-refractivity contribution is 6.12. The highest BCUT2D eigenvalue weighted by Crippen LogP contribution is 2.33. The first-order valence-electron chi connectivity index (χ1n) is 10.9. The van der Waals surface area contributed by atoms with Gasteiger partial charge in [-0.15, -0.1) is 0 Å². The predicted molar refractivity (Wildman–Crippen MR) is 127 cm³/mol. The van der Waals surface area contributed by atoms with Crippen molar-refractivity contribution in [3.8, 4) is 11.3 Å². The number of fused-ring (bicyclic) bond motifs is 3. The molecule has 0 spiro atoms. The predicted octanol–water partition coefficient (Wildman–Crippen LogP) is 4.84. The third-order valence-corrected chi connectivity index (χ3v) is 5.72. The average molecular weight is 430 g/mol. The van der Waals surface area contributed by atoms with Crippen LogP contribution in [-0.4, -0.2) is 57.7 Å². The highest BCUT2D eigenvalue weighted by atomic mass is 16.6. The highest BCUT2D eigenvalue weighted by Gasteiger charge is 2.26. The van der Waals surface area contributed by atoms with Crippen LogP contribution in [0.25, 0.3) is 33.2 Å². The molecule has 0 aliphatic carbocycles. The van der Waals surface area contributed by atoms with Crippen molar-refractivity contribution in [2.24, 2.45) is 0 Å². The van der Waals surface area contributed by atoms with Crippen LogP contribution in [0.5, 0.6) is 0 Å². The third-order valence-electron chi connectivity index (χ3n) is 5.72. The number of aromatic nitrogens is 3. The summed E-state index contributed by atoms with van der Waals surface area (Å²) in [6.07, 6.45) is 3.43. The normalized spacial score (nSPS) is 14.8. The van der Waals surface area contributed by atoms with Crippen molar-refractivity contribution in [3.05, 3.63) is 54.9 Å². The maximum atomic E-state index is 12.4. The molecule has 1 fully saturated rings. The van der Waals surface area contributed by atoms with Gasteiger partial charge in [-0.25, -0.2) is 9.78 Å². The van der Waals surface area contributed by atoms with Gasteiger partial charge in [0.05, 0.1) is 5.69 Å². The first-order chi connectivity index (χ1) is 15.4. The van der Waals surface area contributed by atoms with E-state index in [1.54, 1.807) is 4.90 Å². The molecule has 0 saturated carbocycles. The van der Waals surface area contributed by atoms with E-state index in [2.05, 4.69) is 38.1 Å². The number of pyridine rings is 2. The number of piperazine rings is 1. The number of amides is 1. The van der Waals surface area contributed by atoms with Crippen LogP contribution in [0.15, 0.2) is 54.9 Å². The van der Waals surface area contributed by atoms with E-state index < -0.39 is 5.60 Å². The third kappa shape index (κ3) is 3.86. The van der Waals surface area contributed by atoms with Crippen molar-refractivity contribution in [1.29, 1.82) is 0 Å². The molecule has 32 heavy (non-hydrogen) atoms. The summed E-state index contributed by atoms with van der Waals surface area (Å²) in [5.41, 5.74) is 4.52. The molecular formula is C25H27N5O2. The molecular weight excluding hydrogens is 402 g/mol. The minimum Gasteiger partial charge on any atom is -0.444 e. The average Bonchev–Trinajstić information content (AvgIpc) is 3.17. The van der Waals surface area contributed by atoms with Gasteiger partial charge in [0.25, 0.3) is 0 Å². The fourth-order valence-corrected chi connectivity index (χ4v) is 4.22. The standard InChI is InChI=1S/C25H27N5O2/c1-25(2,3)32-24(31)30-14-12-29(13-15-30)17-8-10-26-21(16-17)19-9-11-27-23-22(19)18-6-4-5-7-20(18)28-23/h4-11,16H,12-15H2,1-3H3,(H,27,28). The SMILES string of the molecule is CC(C)(C)OC(=O)N1CCN(c2ccnc(-c3ccnc4[nH]c5ccccc5c34)c2)CC1. The van der Waals surface area contributed by atoms with E-state index in [1.807, 2.05) is 57.4 Å². The van der Waals surface area contributed by atoms with Crippen molar-refractivity contribution >= 4 is 33.7 Å². The Hall–Kier alpha value is -3.61. The van der Waals surface area contributed by atoms with Crippen molar-refractivity contribution in [1.82, 2.24) is 19.9 Å². The second kappa shape index (κ2) is 7.82. The second-order valence-corrected chi connectivity index (χ2v) is 9.11. The number of benzene rings is 1. The number of ether oxygens (including phenoxy) is 1. The van der Waals surface area contributed by atoms with Crippen molar-refractivity contribution in [2.75, 3.05) is 31.1 Å². The second-order valence-electron chi connectivity index (χ2n) is 9.11. The van der Waals surface area contributed by atoms with Crippen LogP contribution < -0.4 is 4.90 Å². The van der Waals surface area contributed by atoms with Crippen LogP contribution in [0, 0.1) is 0 Å². The topological polar surface area (TPSA) is 74.3 Å². The van der Waals surface area contributed by atoms with Gasteiger partial charge in [-0.1, -0.05) is 18.2 Å². The lowest BCUT2D eigenvalue weighted by molar-refractivity contribution is 0.0240. The number of nitrogens with zero attached hydrogens (tertiary/aromatic N) is 4. The monoisotopic (exact) mass is 429 g/mol. The summed E-state index contributed by atoms with van der Waals surface area (Å²) in [6, 6.07) is 14.4. The van der Waals surface area contributed by atoms with E-state index >= 15 is 0 Å². The molecule has 0 radical (unpaired) electrons. The largest absolute Gasteiger partial charge is 0.444 e. The lowest BCUT2D eigenvalue weighted by Crippen LogP contribution is -2.50. The number of para-hydroxylation sites is 1. The molecule has 4 heterocycles. The molecule has 3 aromatic heterocycles. The van der Waals surface area contributed by atoms with Crippen LogP contribution in [-0.2, 0) is 4.74 Å². The summed E-state index contributed by atoms with van der Waals surface area (Å²) in [5, 5.41) is 2.23. The number of nitrogens with one attached hydrogen (secondary N) is 1. The zero-order valence-electron chi connectivity index (χ0n) is 18.6. The maximum Gasteiger partial charge on any atom is 0.410 e. The van der Waals surface area contributed by atoms with E-state index in [-0.39, 0.29) is 6.09 Å². The van der Waals surface area contributed by atoms with Crippen molar-refractivity contribution in [3.63, 3.8) is 0 Å². The summed E-state index contributed by atoms with van der Waals surface area (Å²) >= 11 is 0. The number of aromatic amines is 1. The van der Waals surface area contributed by atoms with E-state index in [1.165, 1.54) is 0 Å². The van der Waals surface area contributed by atoms with E-state index in [9.17, 15) is 4.79 Å². The van der Waals surface area contributed by atoms with Gasteiger partial charge in [0.15, 0.2) is 0 Å². The molecule has 1 aliphatic rings. The van der Waals surface area contributed by atoms with Crippen LogP contribution in [0.4, 0.5) is 10.5 Å². The zero-order chi connectivity index (χ0) is 22.3. The van der Waals surface area contributed by atoms with Gasteiger partial charge < -0.3 is 19.5 Å². The van der Waals surface area contributed by atoms with Crippen LogP contribution in [0.1, 0.15) is 20.8 Å². The number of anilines is 1. The minimum atomic E-state index is -0.480. The van der Waals surface area contributed by atoms with E-state index in [0.717, 1.165) is 52.0 Å². The zero-order valence-corrected chi connectivity index (χ0v) is 18.6. The van der Waals surface area contributed by atoms with E-state index in [0.29, 0.717) is 13.1 Å². The number of hydrogen-bond acceptors (Lipinski definition) is 5. The van der Waals surface area contributed by atoms with Crippen LogP contribution in [0.2, 0.25) is 0 Å². The molecule has 0 atom stereocenters.